The van der Waals surface area contributed by atoms with Crippen LogP contribution in [0.1, 0.15) is 109 Å². The first-order chi connectivity index (χ1) is 29.7. The van der Waals surface area contributed by atoms with Crippen molar-refractivity contribution < 1.29 is 62.5 Å². The van der Waals surface area contributed by atoms with E-state index >= 15 is 0 Å². The Kier molecular flexibility index (Phi) is 17.0. The molecule has 0 radical (unpaired) electrons. The molecule has 5 N–H and O–H groups in total. The molecular weight excluding hydrogens is 813 g/mol. The molecule has 0 bridgehead atoms. The van der Waals surface area contributed by atoms with Crippen LogP contribution in [0.4, 0.5) is 4.79 Å². The van der Waals surface area contributed by atoms with E-state index in [9.17, 15) is 29.4 Å². The van der Waals surface area contributed by atoms with E-state index in [1.165, 1.54) is 0 Å². The number of amides is 1. The Morgan fingerprint density at radius 3 is 1.44 bits per heavy atom. The molecule has 0 aromatic heterocycles. The zero-order valence-corrected chi connectivity index (χ0v) is 38.4. The first-order valence-corrected chi connectivity index (χ1v) is 21.2. The van der Waals surface area contributed by atoms with Crippen molar-refractivity contribution in [2.24, 2.45) is 5.73 Å². The molecule has 5 atom stereocenters. The molecule has 15 heteroatoms. The van der Waals surface area contributed by atoms with Crippen molar-refractivity contribution in [3.05, 3.63) is 71.3 Å². The number of aliphatic hydroxyl groups is 2. The van der Waals surface area contributed by atoms with E-state index in [1.807, 2.05) is 19.1 Å². The van der Waals surface area contributed by atoms with E-state index < -0.39 is 40.4 Å². The lowest BCUT2D eigenvalue weighted by molar-refractivity contribution is -0.136. The molecule has 0 saturated heterocycles. The number of rotatable bonds is 10. The highest BCUT2D eigenvalue weighted by Crippen LogP contribution is 2.41. The average Bonchev–Trinajstić information content (AvgIpc) is 3.27. The Hall–Kier alpha value is -5.38. The van der Waals surface area contributed by atoms with Gasteiger partial charge in [0.25, 0.3) is 0 Å². The van der Waals surface area contributed by atoms with Gasteiger partial charge in [-0.1, -0.05) is 0 Å². The number of nitrogens with two attached hydrogens (primary N) is 1. The fourth-order valence-electron chi connectivity index (χ4n) is 8.23. The van der Waals surface area contributed by atoms with E-state index in [0.29, 0.717) is 84.1 Å². The topological polar surface area (TPSA) is 211 Å². The minimum Gasteiger partial charge on any atom is -0.497 e. The summed E-state index contributed by atoms with van der Waals surface area (Å²) in [6.45, 7) is 7.25. The van der Waals surface area contributed by atoms with Crippen LogP contribution in [-0.4, -0.2) is 94.1 Å². The fourth-order valence-corrected chi connectivity index (χ4v) is 8.23. The summed E-state index contributed by atoms with van der Waals surface area (Å²) in [5.74, 6) is 3.12. The molecule has 1 amide bonds. The van der Waals surface area contributed by atoms with Crippen LogP contribution in [0.5, 0.6) is 34.5 Å². The molecule has 5 unspecified atom stereocenters. The van der Waals surface area contributed by atoms with Crippen molar-refractivity contribution in [3.63, 3.8) is 0 Å². The molecule has 0 aliphatic heterocycles. The molecule has 346 valence electrons. The summed E-state index contributed by atoms with van der Waals surface area (Å²) < 4.78 is 36.9. The van der Waals surface area contributed by atoms with Gasteiger partial charge in [-0.05, 0) is 139 Å². The third kappa shape index (κ3) is 12.0. The van der Waals surface area contributed by atoms with Gasteiger partial charge in [0, 0.05) is 24.6 Å². The molecule has 6 rings (SSSR count). The fraction of sp³-hybridized carbons (Fsp3) is 0.542. The van der Waals surface area contributed by atoms with Crippen LogP contribution in [-0.2, 0) is 35.6 Å². The third-order valence-corrected chi connectivity index (χ3v) is 11.9. The first kappa shape index (κ1) is 50.3. The largest absolute Gasteiger partial charge is 0.497 e. The van der Waals surface area contributed by atoms with Crippen molar-refractivity contribution in [1.82, 2.24) is 5.32 Å². The van der Waals surface area contributed by atoms with Crippen LogP contribution in [0.25, 0.3) is 0 Å². The van der Waals surface area contributed by atoms with E-state index in [-0.39, 0.29) is 17.3 Å². The van der Waals surface area contributed by atoms with E-state index in [1.54, 1.807) is 106 Å². The Labute approximate surface area is 370 Å². The summed E-state index contributed by atoms with van der Waals surface area (Å²) in [6.07, 6.45) is 3.94. The maximum Gasteiger partial charge on any atom is 0.408 e. The quantitative estimate of drug-likeness (QED) is 0.169. The predicted octanol–water partition coefficient (Wildman–Crippen LogP) is 6.61. The van der Waals surface area contributed by atoms with Gasteiger partial charge in [0.15, 0.2) is 17.3 Å². The van der Waals surface area contributed by atoms with Crippen molar-refractivity contribution in [1.29, 1.82) is 0 Å². The molecule has 3 aliphatic rings. The number of hydrogen-bond donors (Lipinski definition) is 4. The van der Waals surface area contributed by atoms with Gasteiger partial charge in [0.2, 0.25) is 0 Å². The van der Waals surface area contributed by atoms with Crippen LogP contribution in [0.2, 0.25) is 0 Å². The predicted molar refractivity (Wildman–Crippen MR) is 236 cm³/mol. The maximum absolute atomic E-state index is 12.9. The average molecular weight is 879 g/mol. The second kappa shape index (κ2) is 21.3. The van der Waals surface area contributed by atoms with Crippen LogP contribution in [0, 0.1) is 0 Å². The third-order valence-electron chi connectivity index (χ3n) is 11.9. The minimum atomic E-state index is -1.17. The molecule has 15 nitrogen and oxygen atoms in total. The molecular formula is C48H66N2O13. The summed E-state index contributed by atoms with van der Waals surface area (Å²) in [4.78, 5) is 49.8. The molecule has 3 saturated carbocycles. The van der Waals surface area contributed by atoms with Crippen molar-refractivity contribution in [2.75, 3.05) is 42.7 Å². The van der Waals surface area contributed by atoms with Crippen molar-refractivity contribution in [3.8, 4) is 34.5 Å². The van der Waals surface area contributed by atoms with Gasteiger partial charge in [0.05, 0.1) is 48.1 Å². The summed E-state index contributed by atoms with van der Waals surface area (Å²) in [7, 11) is 9.35. The molecule has 3 aromatic carbocycles. The van der Waals surface area contributed by atoms with E-state index in [2.05, 4.69) is 5.32 Å². The van der Waals surface area contributed by atoms with Crippen LogP contribution < -0.4 is 39.5 Å². The Bertz CT molecular complexity index is 1930. The van der Waals surface area contributed by atoms with Gasteiger partial charge in [0.1, 0.15) is 63.4 Å². The second-order valence-electron chi connectivity index (χ2n) is 17.3. The van der Waals surface area contributed by atoms with E-state index in [0.717, 1.165) is 31.2 Å². The lowest BCUT2D eigenvalue weighted by atomic mass is 9.69. The number of alkyl carbamates (subject to hydrolysis) is 1. The zero-order valence-electron chi connectivity index (χ0n) is 38.4. The summed E-state index contributed by atoms with van der Waals surface area (Å²) in [5, 5.41) is 22.4. The molecule has 3 aromatic rings. The standard InChI is InChI=1S/C19H27NO5.C15H20O4.C14H19NO4/c1-18(2,3)25-17(22)20-19(9-7-6-8-16(19)21)13-10-14(23-4)12-15(11-13)24-5;1-15(6-4-5-13(16)14(15)17)10-7-11(18-2)9-12(8-10)19-3;1-18-10-6-9(7-11(8-10)19-2)14(15)5-3-4-12(16)13(14)17/h10-12H,6-9H2,1-5H3,(H,20,22);7-9,13,16H,4-6H2,1-3H3;6-8,12,16H,3-5,15H2,1-2H3. The normalized spacial score (nSPS) is 24.6. The molecule has 63 heavy (non-hydrogen) atoms. The number of Topliss-reactive ketones (excluding diaryl/α,β-unsaturated/α-hetero) is 3. The number of ether oxygens (including phenoxy) is 7. The van der Waals surface area contributed by atoms with Gasteiger partial charge < -0.3 is 54.4 Å². The SMILES string of the molecule is COc1cc(OC)cc(C2(C)CCCC(O)C2=O)c1.COc1cc(OC)cc(C2(N)CCCC(O)C2=O)c1.COc1cc(OC)cc(C2(NC(=O)OC(C)(C)C)CCCCC2=O)c1. The Balaban J connectivity index is 0.000000210. The van der Waals surface area contributed by atoms with Crippen molar-refractivity contribution >= 4 is 23.4 Å². The molecule has 3 aliphatic carbocycles. The van der Waals surface area contributed by atoms with Gasteiger partial charge in [-0.3, -0.25) is 14.4 Å². The number of carbonyl (C=O) groups excluding carboxylic acids is 4. The highest BCUT2D eigenvalue weighted by molar-refractivity contribution is 5.95. The van der Waals surface area contributed by atoms with Gasteiger partial charge in [-0.25, -0.2) is 4.79 Å². The number of ketones is 3. The van der Waals surface area contributed by atoms with Crippen molar-refractivity contribution in [2.45, 2.75) is 126 Å². The highest BCUT2D eigenvalue weighted by atomic mass is 16.6. The number of nitrogens with one attached hydrogen (secondary N) is 1. The second-order valence-corrected chi connectivity index (χ2v) is 17.3. The van der Waals surface area contributed by atoms with Gasteiger partial charge >= 0.3 is 6.09 Å². The summed E-state index contributed by atoms with van der Waals surface area (Å²) in [6, 6.07) is 15.9. The number of hydrogen-bond acceptors (Lipinski definition) is 14. The lowest BCUT2D eigenvalue weighted by Gasteiger charge is -2.37. The number of methoxy groups -OCH3 is 6. The highest BCUT2D eigenvalue weighted by Gasteiger charge is 2.45. The van der Waals surface area contributed by atoms with Crippen LogP contribution in [0.3, 0.4) is 0 Å². The first-order valence-electron chi connectivity index (χ1n) is 21.2. The Morgan fingerprint density at radius 1 is 0.603 bits per heavy atom. The van der Waals surface area contributed by atoms with Gasteiger partial charge in [-0.15, -0.1) is 0 Å². The maximum atomic E-state index is 12.9. The minimum absolute atomic E-state index is 0.0279. The lowest BCUT2D eigenvalue weighted by Crippen LogP contribution is -2.54. The number of aliphatic hydroxyl groups excluding tert-OH is 2. The van der Waals surface area contributed by atoms with Crippen LogP contribution in [0.15, 0.2) is 54.6 Å². The van der Waals surface area contributed by atoms with Gasteiger partial charge in [-0.2, -0.15) is 0 Å². The molecule has 3 fully saturated rings. The summed E-state index contributed by atoms with van der Waals surface area (Å²) >= 11 is 0. The monoisotopic (exact) mass is 878 g/mol. The number of benzene rings is 3. The zero-order chi connectivity index (χ0) is 46.8. The molecule has 0 spiro atoms. The smallest absolute Gasteiger partial charge is 0.408 e. The van der Waals surface area contributed by atoms with Crippen LogP contribution >= 0.6 is 0 Å². The Morgan fingerprint density at radius 2 is 1.02 bits per heavy atom. The molecule has 0 heterocycles. The summed E-state index contributed by atoms with van der Waals surface area (Å²) in [5.41, 5.74) is 4.75. The number of carbonyl (C=O) groups is 4. The van der Waals surface area contributed by atoms with E-state index in [4.69, 9.17) is 38.9 Å².